The second-order valence-corrected chi connectivity index (χ2v) is 2.60. The molecule has 15 heavy (non-hydrogen) atoms. The van der Waals surface area contributed by atoms with Gasteiger partial charge in [0.15, 0.2) is 0 Å². The maximum absolute atomic E-state index is 8.29. The third-order valence-corrected chi connectivity index (χ3v) is 1.53. The number of aliphatic hydroxyl groups is 1. The first-order valence-electron chi connectivity index (χ1n) is 4.41. The molecule has 2 heteroatoms. The van der Waals surface area contributed by atoms with Crippen LogP contribution >= 0.6 is 0 Å². The first kappa shape index (κ1) is 15.0. The number of hydrogen-bond donors (Lipinski definition) is 1. The summed E-state index contributed by atoms with van der Waals surface area (Å²) in [6.45, 7) is -0.0643. The molecule has 2 saturated carbocycles. The molecular formula is C13H12FeO+2. The molecule has 0 aliphatic heterocycles. The third-order valence-electron chi connectivity index (χ3n) is 1.53. The molecule has 76 valence electrons. The molecule has 2 aliphatic carbocycles. The minimum atomic E-state index is -0.0643. The van der Waals surface area contributed by atoms with Gasteiger partial charge in [-0.25, -0.2) is 0 Å². The van der Waals surface area contributed by atoms with E-state index in [1.54, 1.807) is 0 Å². The second-order valence-electron chi connectivity index (χ2n) is 2.60. The van der Waals surface area contributed by atoms with Crippen molar-refractivity contribution >= 4 is 0 Å². The molecule has 0 atom stereocenters. The van der Waals surface area contributed by atoms with Gasteiger partial charge in [0.2, 0.25) is 0 Å². The summed E-state index contributed by atoms with van der Waals surface area (Å²) in [4.78, 5) is 0. The standard InChI is InChI=1S/C8H7O.C5H5.Fe/c9-7-3-6-8-4-1-2-5-8;1-2-4-5-3-1;/h1-2,4-5,9H,7H2;1-5H;/q;;+2. The van der Waals surface area contributed by atoms with Gasteiger partial charge in [-0.2, -0.15) is 0 Å². The molecule has 0 aromatic rings. The molecule has 0 aromatic carbocycles. The predicted molar refractivity (Wildman–Crippen MR) is 56.8 cm³/mol. The van der Waals surface area contributed by atoms with Crippen molar-refractivity contribution in [3.8, 4) is 11.8 Å². The van der Waals surface area contributed by atoms with Gasteiger partial charge in [-0.05, 0) is 57.8 Å². The van der Waals surface area contributed by atoms with Gasteiger partial charge in [0.05, 0.1) is 5.92 Å². The summed E-state index contributed by atoms with van der Waals surface area (Å²) < 4.78 is 0. The Morgan fingerprint density at radius 3 is 1.73 bits per heavy atom. The van der Waals surface area contributed by atoms with Crippen LogP contribution in [0.2, 0.25) is 0 Å². The van der Waals surface area contributed by atoms with E-state index in [4.69, 9.17) is 5.11 Å². The van der Waals surface area contributed by atoms with Crippen LogP contribution in [0.4, 0.5) is 0 Å². The first-order valence-corrected chi connectivity index (χ1v) is 4.41. The van der Waals surface area contributed by atoms with Gasteiger partial charge in [-0.1, -0.05) is 11.8 Å². The van der Waals surface area contributed by atoms with Crippen LogP contribution in [0.3, 0.4) is 0 Å². The molecule has 1 nitrogen and oxygen atoms in total. The smallest absolute Gasteiger partial charge is 0.384 e. The van der Waals surface area contributed by atoms with Crippen molar-refractivity contribution in [1.29, 1.82) is 0 Å². The predicted octanol–water partition coefficient (Wildman–Crippen LogP) is 1.41. The van der Waals surface area contributed by atoms with Crippen molar-refractivity contribution < 1.29 is 22.2 Å². The molecule has 0 amide bonds. The summed E-state index contributed by atoms with van der Waals surface area (Å²) in [6, 6.07) is 0. The van der Waals surface area contributed by atoms with E-state index >= 15 is 0 Å². The molecule has 0 bridgehead atoms. The van der Waals surface area contributed by atoms with E-state index in [1.807, 2.05) is 57.8 Å². The SMILES string of the molecule is OCC#C[C]1[CH][CH][CH][CH]1.[CH]1[CH][CH][CH][CH]1.[Fe+2]. The summed E-state index contributed by atoms with van der Waals surface area (Å²) in [6.07, 6.45) is 17.6. The van der Waals surface area contributed by atoms with E-state index in [-0.39, 0.29) is 23.7 Å². The van der Waals surface area contributed by atoms with Gasteiger partial charge in [-0.15, -0.1) is 0 Å². The Labute approximate surface area is 105 Å². The van der Waals surface area contributed by atoms with Crippen LogP contribution < -0.4 is 0 Å². The van der Waals surface area contributed by atoms with Crippen molar-refractivity contribution in [2.24, 2.45) is 0 Å². The van der Waals surface area contributed by atoms with Crippen LogP contribution in [0.5, 0.6) is 0 Å². The maximum atomic E-state index is 8.29. The van der Waals surface area contributed by atoms with Crippen LogP contribution in [0.15, 0.2) is 0 Å². The van der Waals surface area contributed by atoms with Crippen LogP contribution in [0, 0.1) is 75.5 Å². The zero-order valence-electron chi connectivity index (χ0n) is 8.20. The number of rotatable bonds is 0. The van der Waals surface area contributed by atoms with Gasteiger partial charge >= 0.3 is 17.1 Å². The third kappa shape index (κ3) is 7.91. The number of aliphatic hydroxyl groups excluding tert-OH is 1. The normalized spacial score (nSPS) is 19.5. The van der Waals surface area contributed by atoms with E-state index in [0.717, 1.165) is 5.92 Å². The Balaban J connectivity index is 0.000000280. The Hall–Kier alpha value is 0.0395. The molecule has 0 heterocycles. The van der Waals surface area contributed by atoms with Gasteiger partial charge in [0.25, 0.3) is 0 Å². The zero-order chi connectivity index (χ0) is 10.1. The van der Waals surface area contributed by atoms with E-state index in [2.05, 4.69) is 11.8 Å². The van der Waals surface area contributed by atoms with Crippen molar-refractivity contribution in [3.05, 3.63) is 63.7 Å². The second kappa shape index (κ2) is 10.6. The van der Waals surface area contributed by atoms with E-state index < -0.39 is 0 Å². The molecule has 2 rings (SSSR count). The van der Waals surface area contributed by atoms with Gasteiger partial charge in [-0.3, -0.25) is 0 Å². The van der Waals surface area contributed by atoms with Crippen LogP contribution in [-0.2, 0) is 17.1 Å². The molecular weight excluding hydrogens is 228 g/mol. The van der Waals surface area contributed by atoms with Gasteiger partial charge < -0.3 is 5.11 Å². The first-order chi connectivity index (χ1) is 6.93. The largest absolute Gasteiger partial charge is 2.00 e. The fourth-order valence-electron chi connectivity index (χ4n) is 0.920. The van der Waals surface area contributed by atoms with Crippen molar-refractivity contribution in [2.75, 3.05) is 6.61 Å². The van der Waals surface area contributed by atoms with Crippen molar-refractivity contribution in [2.45, 2.75) is 0 Å². The number of hydrogen-bond acceptors (Lipinski definition) is 1. The zero-order valence-corrected chi connectivity index (χ0v) is 9.31. The molecule has 1 N–H and O–H groups in total. The van der Waals surface area contributed by atoms with Crippen LogP contribution in [0.1, 0.15) is 0 Å². The molecule has 10 radical (unpaired) electrons. The van der Waals surface area contributed by atoms with E-state index in [9.17, 15) is 0 Å². The Kier molecular flexibility index (Phi) is 10.6. The molecule has 0 spiro atoms. The topological polar surface area (TPSA) is 20.2 Å². The fraction of sp³-hybridized carbons (Fsp3) is 0.0769. The fourth-order valence-corrected chi connectivity index (χ4v) is 0.920. The summed E-state index contributed by atoms with van der Waals surface area (Å²) in [5, 5.41) is 8.29. The molecule has 2 fully saturated rings. The average molecular weight is 240 g/mol. The maximum Gasteiger partial charge on any atom is 2.00 e. The summed E-state index contributed by atoms with van der Waals surface area (Å²) >= 11 is 0. The monoisotopic (exact) mass is 240 g/mol. The van der Waals surface area contributed by atoms with Gasteiger partial charge in [0, 0.05) is 0 Å². The van der Waals surface area contributed by atoms with Crippen molar-refractivity contribution in [3.63, 3.8) is 0 Å². The molecule has 0 saturated heterocycles. The van der Waals surface area contributed by atoms with Gasteiger partial charge in [0.1, 0.15) is 6.61 Å². The average Bonchev–Trinajstić information content (AvgIpc) is 2.90. The minimum Gasteiger partial charge on any atom is -0.384 e. The molecule has 2 aliphatic rings. The Bertz CT molecular complexity index is 175. The molecule has 0 unspecified atom stereocenters. The van der Waals surface area contributed by atoms with E-state index in [0.29, 0.717) is 0 Å². The summed E-state index contributed by atoms with van der Waals surface area (Å²) in [5.41, 5.74) is 0. The quantitative estimate of drug-likeness (QED) is 0.501. The summed E-state index contributed by atoms with van der Waals surface area (Å²) in [5.74, 6) is 6.29. The minimum absolute atomic E-state index is 0. The molecule has 0 aromatic heterocycles. The van der Waals surface area contributed by atoms with Crippen molar-refractivity contribution in [1.82, 2.24) is 0 Å². The van der Waals surface area contributed by atoms with Crippen LogP contribution in [0.25, 0.3) is 0 Å². The van der Waals surface area contributed by atoms with E-state index in [1.165, 1.54) is 0 Å². The Morgan fingerprint density at radius 2 is 1.33 bits per heavy atom. The summed E-state index contributed by atoms with van der Waals surface area (Å²) in [7, 11) is 0. The van der Waals surface area contributed by atoms with Crippen LogP contribution in [-0.4, -0.2) is 11.7 Å². The Morgan fingerprint density at radius 1 is 0.867 bits per heavy atom.